The van der Waals surface area contributed by atoms with Gasteiger partial charge in [-0.25, -0.2) is 0 Å². The van der Waals surface area contributed by atoms with Gasteiger partial charge in [-0.3, -0.25) is 4.90 Å². The van der Waals surface area contributed by atoms with E-state index >= 15 is 0 Å². The second-order valence-corrected chi connectivity index (χ2v) is 6.37. The third kappa shape index (κ3) is 13.5. The number of rotatable bonds is 17. The van der Waals surface area contributed by atoms with E-state index in [0.717, 1.165) is 45.2 Å². The minimum absolute atomic E-state index is 0.197. The van der Waals surface area contributed by atoms with E-state index in [4.69, 9.17) is 15.9 Å². The van der Waals surface area contributed by atoms with E-state index in [2.05, 4.69) is 11.8 Å². The molecule has 0 heterocycles. The summed E-state index contributed by atoms with van der Waals surface area (Å²) in [5.74, 6) is 0. The zero-order valence-corrected chi connectivity index (χ0v) is 14.8. The van der Waals surface area contributed by atoms with Crippen LogP contribution in [0, 0.1) is 0 Å². The lowest BCUT2D eigenvalue weighted by atomic mass is 10.1. The van der Waals surface area contributed by atoms with E-state index in [1.165, 1.54) is 44.9 Å². The summed E-state index contributed by atoms with van der Waals surface area (Å²) in [6, 6.07) is 0. The van der Waals surface area contributed by atoms with Gasteiger partial charge in [-0.1, -0.05) is 51.9 Å². The van der Waals surface area contributed by atoms with Crippen molar-refractivity contribution in [2.24, 2.45) is 5.73 Å². The van der Waals surface area contributed by atoms with E-state index in [-0.39, 0.29) is 6.17 Å². The second-order valence-electron chi connectivity index (χ2n) is 6.37. The van der Waals surface area contributed by atoms with Crippen LogP contribution in [0.5, 0.6) is 0 Å². The Bertz CT molecular complexity index is 201. The predicted octanol–water partition coefficient (Wildman–Crippen LogP) is 3.26. The first-order chi connectivity index (χ1) is 10.8. The molecule has 4 N–H and O–H groups in total. The van der Waals surface area contributed by atoms with Crippen LogP contribution in [0.4, 0.5) is 0 Å². The Morgan fingerprint density at radius 3 is 1.68 bits per heavy atom. The first kappa shape index (κ1) is 21.8. The van der Waals surface area contributed by atoms with E-state index < -0.39 is 0 Å². The van der Waals surface area contributed by atoms with Gasteiger partial charge in [0, 0.05) is 13.2 Å². The highest BCUT2D eigenvalue weighted by molar-refractivity contribution is 4.67. The van der Waals surface area contributed by atoms with Crippen molar-refractivity contribution >= 4 is 0 Å². The highest BCUT2D eigenvalue weighted by Gasteiger charge is 2.13. The lowest BCUT2D eigenvalue weighted by molar-refractivity contribution is 0.177. The molecule has 0 saturated heterocycles. The monoisotopic (exact) mass is 316 g/mol. The van der Waals surface area contributed by atoms with E-state index in [1.54, 1.807) is 0 Å². The highest BCUT2D eigenvalue weighted by atomic mass is 16.3. The predicted molar refractivity (Wildman–Crippen MR) is 94.8 cm³/mol. The lowest BCUT2D eigenvalue weighted by Gasteiger charge is -2.29. The fraction of sp³-hybridized carbons (Fsp3) is 1.00. The maximum absolute atomic E-state index is 8.82. The van der Waals surface area contributed by atoms with Crippen molar-refractivity contribution in [3.05, 3.63) is 0 Å². The minimum atomic E-state index is 0.197. The van der Waals surface area contributed by atoms with E-state index in [1.807, 2.05) is 0 Å². The van der Waals surface area contributed by atoms with Gasteiger partial charge < -0.3 is 15.9 Å². The summed E-state index contributed by atoms with van der Waals surface area (Å²) in [6.45, 7) is 5.01. The van der Waals surface area contributed by atoms with Crippen molar-refractivity contribution < 1.29 is 10.2 Å². The molecular formula is C18H40N2O2. The topological polar surface area (TPSA) is 69.7 Å². The van der Waals surface area contributed by atoms with E-state index in [0.29, 0.717) is 13.2 Å². The molecular weight excluding hydrogens is 276 g/mol. The van der Waals surface area contributed by atoms with Crippen LogP contribution in [-0.4, -0.2) is 47.6 Å². The van der Waals surface area contributed by atoms with Crippen LogP contribution < -0.4 is 5.73 Å². The Kier molecular flexibility index (Phi) is 17.1. The maximum Gasteiger partial charge on any atom is 0.0571 e. The molecule has 0 aliphatic heterocycles. The van der Waals surface area contributed by atoms with Gasteiger partial charge in [-0.05, 0) is 45.2 Å². The molecule has 1 atom stereocenters. The van der Waals surface area contributed by atoms with Gasteiger partial charge in [0.25, 0.3) is 0 Å². The van der Waals surface area contributed by atoms with Gasteiger partial charge in [0.1, 0.15) is 0 Å². The Morgan fingerprint density at radius 1 is 0.727 bits per heavy atom. The minimum Gasteiger partial charge on any atom is -0.396 e. The van der Waals surface area contributed by atoms with Crippen LogP contribution in [0.15, 0.2) is 0 Å². The average Bonchev–Trinajstić information content (AvgIpc) is 2.52. The molecule has 22 heavy (non-hydrogen) atoms. The first-order valence-electron chi connectivity index (χ1n) is 9.47. The van der Waals surface area contributed by atoms with Crippen molar-refractivity contribution in [1.82, 2.24) is 4.90 Å². The summed E-state index contributed by atoms with van der Waals surface area (Å²) >= 11 is 0. The molecule has 4 heteroatoms. The number of hydrogen-bond donors (Lipinski definition) is 3. The van der Waals surface area contributed by atoms with Crippen molar-refractivity contribution in [2.45, 2.75) is 90.1 Å². The van der Waals surface area contributed by atoms with Crippen LogP contribution in [0.1, 0.15) is 84.0 Å². The quantitative estimate of drug-likeness (QED) is 0.284. The molecule has 134 valence electrons. The van der Waals surface area contributed by atoms with Crippen LogP contribution in [0.25, 0.3) is 0 Å². The summed E-state index contributed by atoms with van der Waals surface area (Å²) in [7, 11) is 0. The molecule has 0 spiro atoms. The molecule has 0 radical (unpaired) electrons. The third-order valence-corrected chi connectivity index (χ3v) is 4.28. The largest absolute Gasteiger partial charge is 0.396 e. The van der Waals surface area contributed by atoms with Gasteiger partial charge in [0.2, 0.25) is 0 Å². The Labute approximate surface area is 138 Å². The first-order valence-corrected chi connectivity index (χ1v) is 9.47. The molecule has 0 amide bonds. The summed E-state index contributed by atoms with van der Waals surface area (Å²) in [4.78, 5) is 2.45. The number of nitrogens with two attached hydrogens (primary N) is 1. The molecule has 1 unspecified atom stereocenters. The normalized spacial score (nSPS) is 13.0. The maximum atomic E-state index is 8.82. The van der Waals surface area contributed by atoms with Crippen molar-refractivity contribution in [1.29, 1.82) is 0 Å². The van der Waals surface area contributed by atoms with Gasteiger partial charge in [0.05, 0.1) is 6.17 Å². The van der Waals surface area contributed by atoms with Gasteiger partial charge in [-0.2, -0.15) is 0 Å². The van der Waals surface area contributed by atoms with Gasteiger partial charge in [0.15, 0.2) is 0 Å². The molecule has 0 aliphatic carbocycles. The molecule has 0 aromatic heterocycles. The number of aliphatic hydroxyl groups excluding tert-OH is 2. The Hall–Kier alpha value is -0.160. The molecule has 0 rings (SSSR count). The van der Waals surface area contributed by atoms with Crippen LogP contribution in [0.3, 0.4) is 0 Å². The Morgan fingerprint density at radius 2 is 1.23 bits per heavy atom. The number of unbranched alkanes of at least 4 members (excludes halogenated alkanes) is 8. The van der Waals surface area contributed by atoms with Gasteiger partial charge >= 0.3 is 0 Å². The zero-order chi connectivity index (χ0) is 16.5. The van der Waals surface area contributed by atoms with Crippen molar-refractivity contribution in [2.75, 3.05) is 26.3 Å². The number of nitrogens with zero attached hydrogens (tertiary/aromatic N) is 1. The van der Waals surface area contributed by atoms with Crippen LogP contribution in [-0.2, 0) is 0 Å². The standard InChI is InChI=1S/C18H40N2O2/c1-2-3-8-13-18(19)20(14-9-4-6-11-16-21)15-10-5-7-12-17-22/h18,21-22H,2-17,19H2,1H3. The lowest BCUT2D eigenvalue weighted by Crippen LogP contribution is -2.43. The molecule has 0 fully saturated rings. The zero-order valence-electron chi connectivity index (χ0n) is 14.8. The number of aliphatic hydroxyl groups is 2. The second kappa shape index (κ2) is 17.2. The number of hydrogen-bond acceptors (Lipinski definition) is 4. The molecule has 0 aromatic rings. The molecule has 0 aromatic carbocycles. The fourth-order valence-corrected chi connectivity index (χ4v) is 2.79. The summed E-state index contributed by atoms with van der Waals surface area (Å²) in [5, 5.41) is 17.6. The van der Waals surface area contributed by atoms with Crippen LogP contribution >= 0.6 is 0 Å². The van der Waals surface area contributed by atoms with E-state index in [9.17, 15) is 0 Å². The smallest absolute Gasteiger partial charge is 0.0571 e. The van der Waals surface area contributed by atoms with Crippen LogP contribution in [0.2, 0.25) is 0 Å². The summed E-state index contributed by atoms with van der Waals surface area (Å²) < 4.78 is 0. The summed E-state index contributed by atoms with van der Waals surface area (Å²) in [5.41, 5.74) is 6.39. The van der Waals surface area contributed by atoms with Gasteiger partial charge in [-0.15, -0.1) is 0 Å². The fourth-order valence-electron chi connectivity index (χ4n) is 2.79. The third-order valence-electron chi connectivity index (χ3n) is 4.28. The summed E-state index contributed by atoms with van der Waals surface area (Å²) in [6.07, 6.45) is 13.8. The van der Waals surface area contributed by atoms with Crippen molar-refractivity contribution in [3.8, 4) is 0 Å². The highest BCUT2D eigenvalue weighted by Crippen LogP contribution is 2.11. The van der Waals surface area contributed by atoms with Crippen molar-refractivity contribution in [3.63, 3.8) is 0 Å². The average molecular weight is 317 g/mol. The molecule has 0 bridgehead atoms. The molecule has 0 saturated carbocycles. The SMILES string of the molecule is CCCCCC(N)N(CCCCCCO)CCCCCCO. The Balaban J connectivity index is 3.95. The molecule has 0 aliphatic rings. The molecule has 4 nitrogen and oxygen atoms in total.